The van der Waals surface area contributed by atoms with Crippen molar-refractivity contribution >= 4 is 32.4 Å². The van der Waals surface area contributed by atoms with Crippen LogP contribution in [0.2, 0.25) is 0 Å². The van der Waals surface area contributed by atoms with Gasteiger partial charge in [-0.05, 0) is 49.8 Å². The van der Waals surface area contributed by atoms with Gasteiger partial charge >= 0.3 is 0 Å². The molecule has 0 unspecified atom stereocenters. The van der Waals surface area contributed by atoms with E-state index >= 15 is 0 Å². The molecule has 1 heterocycles. The number of nitrogens with zero attached hydrogens (tertiary/aromatic N) is 2. The third-order valence-corrected chi connectivity index (χ3v) is 4.84. The summed E-state index contributed by atoms with van der Waals surface area (Å²) in [6.07, 6.45) is 5.48. The molecule has 0 aliphatic heterocycles. The van der Waals surface area contributed by atoms with Crippen LogP contribution in [-0.4, -0.2) is 17.6 Å². The number of anilines is 2. The van der Waals surface area contributed by atoms with Crippen molar-refractivity contribution in [2.45, 2.75) is 31.7 Å². The number of benzene rings is 1. The molecule has 4 rings (SSSR count). The normalized spacial score (nSPS) is 19.3. The molecule has 2 aromatic rings. The van der Waals surface area contributed by atoms with Crippen LogP contribution in [-0.2, 0) is 0 Å². The summed E-state index contributed by atoms with van der Waals surface area (Å²) in [7, 11) is 0. The zero-order valence-corrected chi connectivity index (χ0v) is 11.1. The summed E-state index contributed by atoms with van der Waals surface area (Å²) in [5.41, 5.74) is 7.76. The lowest BCUT2D eigenvalue weighted by Crippen LogP contribution is -2.27. The Labute approximate surface area is 111 Å². The van der Waals surface area contributed by atoms with E-state index in [0.717, 1.165) is 23.2 Å². The minimum Gasteiger partial charge on any atom is -0.399 e. The van der Waals surface area contributed by atoms with Crippen LogP contribution in [0.5, 0.6) is 0 Å². The Kier molecular flexibility index (Phi) is 2.27. The van der Waals surface area contributed by atoms with Crippen molar-refractivity contribution < 1.29 is 0 Å². The second-order valence-corrected chi connectivity index (χ2v) is 6.56. The first-order valence-corrected chi connectivity index (χ1v) is 7.54. The van der Waals surface area contributed by atoms with Crippen LogP contribution in [0, 0.1) is 5.92 Å². The van der Waals surface area contributed by atoms with E-state index in [0.29, 0.717) is 0 Å². The molecule has 2 fully saturated rings. The summed E-state index contributed by atoms with van der Waals surface area (Å²) in [6, 6.07) is 6.77. The van der Waals surface area contributed by atoms with Gasteiger partial charge in [-0.25, -0.2) is 4.98 Å². The van der Waals surface area contributed by atoms with E-state index in [1.54, 1.807) is 11.3 Å². The van der Waals surface area contributed by atoms with Crippen molar-refractivity contribution in [1.82, 2.24) is 4.98 Å². The molecule has 1 aromatic carbocycles. The third kappa shape index (κ3) is 1.94. The first kappa shape index (κ1) is 10.6. The van der Waals surface area contributed by atoms with E-state index in [9.17, 15) is 0 Å². The maximum absolute atomic E-state index is 5.84. The number of hydrogen-bond acceptors (Lipinski definition) is 4. The van der Waals surface area contributed by atoms with Gasteiger partial charge in [0.05, 0.1) is 10.2 Å². The smallest absolute Gasteiger partial charge is 0.186 e. The summed E-state index contributed by atoms with van der Waals surface area (Å²) in [5, 5.41) is 1.20. The van der Waals surface area contributed by atoms with Gasteiger partial charge in [0.15, 0.2) is 5.13 Å². The number of hydrogen-bond donors (Lipinski definition) is 1. The number of nitrogens with two attached hydrogens (primary N) is 1. The van der Waals surface area contributed by atoms with E-state index in [1.807, 2.05) is 18.2 Å². The first-order valence-electron chi connectivity index (χ1n) is 6.72. The van der Waals surface area contributed by atoms with E-state index < -0.39 is 0 Å². The second kappa shape index (κ2) is 3.85. The molecule has 0 radical (unpaired) electrons. The maximum atomic E-state index is 5.84. The summed E-state index contributed by atoms with van der Waals surface area (Å²) in [6.45, 7) is 1.21. The van der Waals surface area contributed by atoms with Crippen LogP contribution in [0.1, 0.15) is 25.7 Å². The molecule has 94 valence electrons. The fraction of sp³-hybridized carbons (Fsp3) is 0.500. The van der Waals surface area contributed by atoms with E-state index in [2.05, 4.69) is 4.90 Å². The lowest BCUT2D eigenvalue weighted by Gasteiger charge is -2.20. The van der Waals surface area contributed by atoms with Gasteiger partial charge in [0, 0.05) is 18.3 Å². The number of fused-ring (bicyclic) bond motifs is 1. The highest BCUT2D eigenvalue weighted by Crippen LogP contribution is 2.40. The zero-order valence-electron chi connectivity index (χ0n) is 10.3. The third-order valence-electron chi connectivity index (χ3n) is 3.79. The van der Waals surface area contributed by atoms with E-state index in [-0.39, 0.29) is 0 Å². The first-order chi connectivity index (χ1) is 8.79. The fourth-order valence-corrected chi connectivity index (χ4v) is 3.49. The molecule has 0 atom stereocenters. The molecule has 4 heteroatoms. The van der Waals surface area contributed by atoms with E-state index in [1.165, 1.54) is 42.1 Å². The van der Waals surface area contributed by atoms with Gasteiger partial charge < -0.3 is 10.6 Å². The predicted octanol–water partition coefficient (Wildman–Crippen LogP) is 3.26. The lowest BCUT2D eigenvalue weighted by atomic mass is 10.3. The Hall–Kier alpha value is -1.29. The Morgan fingerprint density at radius 1 is 1.28 bits per heavy atom. The fourth-order valence-electron chi connectivity index (χ4n) is 2.40. The monoisotopic (exact) mass is 259 g/mol. The van der Waals surface area contributed by atoms with Crippen molar-refractivity contribution in [2.75, 3.05) is 17.2 Å². The molecule has 3 nitrogen and oxygen atoms in total. The maximum Gasteiger partial charge on any atom is 0.186 e. The Morgan fingerprint density at radius 3 is 2.83 bits per heavy atom. The Bertz CT molecular complexity index is 584. The number of nitrogen functional groups attached to an aromatic ring is 1. The molecule has 0 saturated heterocycles. The molecule has 1 aromatic heterocycles. The molecule has 0 amide bonds. The molecule has 2 aliphatic carbocycles. The average molecular weight is 259 g/mol. The van der Waals surface area contributed by atoms with Crippen LogP contribution in [0.3, 0.4) is 0 Å². The van der Waals surface area contributed by atoms with Gasteiger partial charge in [-0.3, -0.25) is 0 Å². The molecular formula is C14H17N3S. The topological polar surface area (TPSA) is 42.1 Å². The van der Waals surface area contributed by atoms with Gasteiger partial charge in [0.25, 0.3) is 0 Å². The minimum atomic E-state index is 0.753. The summed E-state index contributed by atoms with van der Waals surface area (Å²) >= 11 is 1.79. The van der Waals surface area contributed by atoms with Crippen LogP contribution >= 0.6 is 11.3 Å². The molecule has 2 N–H and O–H groups in total. The highest BCUT2D eigenvalue weighted by Gasteiger charge is 2.35. The SMILES string of the molecule is Nc1ccc2nc(N(CC3CC3)C3CC3)sc2c1. The molecule has 0 spiro atoms. The molecule has 2 aliphatic rings. The van der Waals surface area contributed by atoms with Gasteiger partial charge in [-0.2, -0.15) is 0 Å². The highest BCUT2D eigenvalue weighted by atomic mass is 32.1. The van der Waals surface area contributed by atoms with Crippen molar-refractivity contribution in [3.05, 3.63) is 18.2 Å². The Morgan fingerprint density at radius 2 is 2.11 bits per heavy atom. The summed E-state index contributed by atoms with van der Waals surface area (Å²) < 4.78 is 1.21. The number of rotatable bonds is 4. The lowest BCUT2D eigenvalue weighted by molar-refractivity contribution is 0.717. The molecular weight excluding hydrogens is 242 g/mol. The largest absolute Gasteiger partial charge is 0.399 e. The molecule has 2 saturated carbocycles. The van der Waals surface area contributed by atoms with Crippen molar-refractivity contribution in [1.29, 1.82) is 0 Å². The van der Waals surface area contributed by atoms with Gasteiger partial charge in [-0.15, -0.1) is 0 Å². The predicted molar refractivity (Wildman–Crippen MR) is 77.1 cm³/mol. The quantitative estimate of drug-likeness (QED) is 0.857. The minimum absolute atomic E-state index is 0.753. The van der Waals surface area contributed by atoms with Gasteiger partial charge in [0.2, 0.25) is 0 Å². The van der Waals surface area contributed by atoms with E-state index in [4.69, 9.17) is 10.7 Å². The molecule has 0 bridgehead atoms. The summed E-state index contributed by atoms with van der Waals surface area (Å²) in [5.74, 6) is 0.919. The second-order valence-electron chi connectivity index (χ2n) is 5.55. The van der Waals surface area contributed by atoms with Gasteiger partial charge in [-0.1, -0.05) is 11.3 Å². The van der Waals surface area contributed by atoms with Crippen molar-refractivity contribution in [3.63, 3.8) is 0 Å². The zero-order chi connectivity index (χ0) is 12.1. The standard InChI is InChI=1S/C14H17N3S/c15-10-3-6-12-13(7-10)18-14(16-12)17(11-4-5-11)8-9-1-2-9/h3,6-7,9,11H,1-2,4-5,8,15H2. The average Bonchev–Trinajstić information content (AvgIpc) is 3.23. The number of aromatic nitrogens is 1. The molecule has 18 heavy (non-hydrogen) atoms. The van der Waals surface area contributed by atoms with Crippen LogP contribution in [0.15, 0.2) is 18.2 Å². The summed E-state index contributed by atoms with van der Waals surface area (Å²) in [4.78, 5) is 7.33. The number of thiazole rings is 1. The highest BCUT2D eigenvalue weighted by molar-refractivity contribution is 7.22. The van der Waals surface area contributed by atoms with Crippen LogP contribution in [0.4, 0.5) is 10.8 Å². The van der Waals surface area contributed by atoms with Gasteiger partial charge in [0.1, 0.15) is 0 Å². The van der Waals surface area contributed by atoms with Crippen molar-refractivity contribution in [3.8, 4) is 0 Å². The Balaban J connectivity index is 1.70. The van der Waals surface area contributed by atoms with Crippen LogP contribution < -0.4 is 10.6 Å². The van der Waals surface area contributed by atoms with Crippen molar-refractivity contribution in [2.24, 2.45) is 5.92 Å². The van der Waals surface area contributed by atoms with Crippen LogP contribution in [0.25, 0.3) is 10.2 Å².